The minimum absolute atomic E-state index is 0.630. The largest absolute Gasteiger partial charge is 0.368 e. The van der Waals surface area contributed by atoms with Crippen molar-refractivity contribution in [2.45, 2.75) is 6.42 Å². The summed E-state index contributed by atoms with van der Waals surface area (Å²) in [4.78, 5) is 9.46. The minimum Gasteiger partial charge on any atom is -0.368 e. The van der Waals surface area contributed by atoms with Crippen LogP contribution in [0.15, 0.2) is 42.0 Å². The Kier molecular flexibility index (Phi) is 4.29. The molecule has 3 rings (SSSR count). The summed E-state index contributed by atoms with van der Waals surface area (Å²) in [5.74, 6) is 7.02. The van der Waals surface area contributed by atoms with Gasteiger partial charge in [-0.15, -0.1) is 11.3 Å². The van der Waals surface area contributed by atoms with Crippen molar-refractivity contribution < 1.29 is 0 Å². The van der Waals surface area contributed by atoms with E-state index in [1.807, 2.05) is 23.6 Å². The molecule has 4 nitrogen and oxygen atoms in total. The Morgan fingerprint density at radius 2 is 2.09 bits per heavy atom. The molecule has 2 heterocycles. The molecule has 1 aromatic carbocycles. The second-order valence-corrected chi connectivity index (χ2v) is 5.43. The number of thiophene rings is 1. The van der Waals surface area contributed by atoms with Crippen molar-refractivity contribution >= 4 is 27.4 Å². The SMILES string of the molecule is N#Cc1cccc(C#CCCNc2ncnc3sccc23)c1. The lowest BCUT2D eigenvalue weighted by Gasteiger charge is -2.03. The lowest BCUT2D eigenvalue weighted by Crippen LogP contribution is -2.02. The first-order chi connectivity index (χ1) is 10.9. The van der Waals surface area contributed by atoms with E-state index >= 15 is 0 Å². The molecule has 0 unspecified atom stereocenters. The lowest BCUT2D eigenvalue weighted by atomic mass is 10.1. The summed E-state index contributed by atoms with van der Waals surface area (Å²) < 4.78 is 0. The predicted molar refractivity (Wildman–Crippen MR) is 88.6 cm³/mol. The zero-order valence-electron chi connectivity index (χ0n) is 11.7. The normalized spacial score (nSPS) is 9.77. The summed E-state index contributed by atoms with van der Waals surface area (Å²) in [5.41, 5.74) is 1.49. The van der Waals surface area contributed by atoms with Crippen LogP contribution in [0.5, 0.6) is 0 Å². The minimum atomic E-state index is 0.630. The van der Waals surface area contributed by atoms with Gasteiger partial charge in [0.05, 0.1) is 17.0 Å². The fourth-order valence-electron chi connectivity index (χ4n) is 2.01. The van der Waals surface area contributed by atoms with Crippen LogP contribution in [0.4, 0.5) is 5.82 Å². The van der Waals surface area contributed by atoms with Gasteiger partial charge in [-0.05, 0) is 29.6 Å². The second kappa shape index (κ2) is 6.71. The molecular formula is C17H12N4S. The highest BCUT2D eigenvalue weighted by Crippen LogP contribution is 2.23. The molecule has 0 fully saturated rings. The van der Waals surface area contributed by atoms with Crippen LogP contribution in [0.1, 0.15) is 17.5 Å². The number of benzene rings is 1. The maximum absolute atomic E-state index is 8.85. The van der Waals surface area contributed by atoms with Crippen molar-refractivity contribution in [3.05, 3.63) is 53.2 Å². The Balaban J connectivity index is 1.59. The molecule has 0 aliphatic rings. The van der Waals surface area contributed by atoms with Crippen molar-refractivity contribution in [3.63, 3.8) is 0 Å². The van der Waals surface area contributed by atoms with Gasteiger partial charge >= 0.3 is 0 Å². The Bertz CT molecular complexity index is 896. The fraction of sp³-hybridized carbons (Fsp3) is 0.118. The average Bonchev–Trinajstić information content (AvgIpc) is 3.04. The van der Waals surface area contributed by atoms with E-state index in [9.17, 15) is 0 Å². The molecule has 22 heavy (non-hydrogen) atoms. The molecule has 0 radical (unpaired) electrons. The monoisotopic (exact) mass is 304 g/mol. The number of hydrogen-bond donors (Lipinski definition) is 1. The molecule has 0 atom stereocenters. The van der Waals surface area contributed by atoms with Gasteiger partial charge in [-0.1, -0.05) is 17.9 Å². The van der Waals surface area contributed by atoms with Gasteiger partial charge < -0.3 is 5.32 Å². The maximum atomic E-state index is 8.85. The van der Waals surface area contributed by atoms with Crippen molar-refractivity contribution in [1.29, 1.82) is 5.26 Å². The molecule has 0 saturated carbocycles. The molecule has 0 aliphatic heterocycles. The fourth-order valence-corrected chi connectivity index (χ4v) is 2.74. The van der Waals surface area contributed by atoms with Crippen LogP contribution in [0, 0.1) is 23.2 Å². The number of fused-ring (bicyclic) bond motifs is 1. The van der Waals surface area contributed by atoms with Crippen molar-refractivity contribution in [1.82, 2.24) is 9.97 Å². The lowest BCUT2D eigenvalue weighted by molar-refractivity contribution is 1.07. The van der Waals surface area contributed by atoms with Crippen molar-refractivity contribution in [2.24, 2.45) is 0 Å². The number of rotatable bonds is 3. The van der Waals surface area contributed by atoms with Gasteiger partial charge in [0.15, 0.2) is 0 Å². The Labute approximate surface area is 132 Å². The Morgan fingerprint density at radius 1 is 1.18 bits per heavy atom. The van der Waals surface area contributed by atoms with Crippen LogP contribution >= 0.6 is 11.3 Å². The molecule has 3 aromatic rings. The van der Waals surface area contributed by atoms with E-state index in [0.29, 0.717) is 18.5 Å². The van der Waals surface area contributed by atoms with Gasteiger partial charge in [-0.3, -0.25) is 0 Å². The van der Waals surface area contributed by atoms with E-state index in [0.717, 1.165) is 21.6 Å². The van der Waals surface area contributed by atoms with E-state index in [1.165, 1.54) is 0 Å². The molecule has 0 aliphatic carbocycles. The third-order valence-corrected chi connectivity index (χ3v) is 3.85. The average molecular weight is 304 g/mol. The summed E-state index contributed by atoms with van der Waals surface area (Å²) in [7, 11) is 0. The molecule has 1 N–H and O–H groups in total. The highest BCUT2D eigenvalue weighted by atomic mass is 32.1. The summed E-state index contributed by atoms with van der Waals surface area (Å²) in [6.07, 6.45) is 2.27. The van der Waals surface area contributed by atoms with Gasteiger partial charge in [0.1, 0.15) is 17.0 Å². The second-order valence-electron chi connectivity index (χ2n) is 4.53. The maximum Gasteiger partial charge on any atom is 0.138 e. The van der Waals surface area contributed by atoms with Gasteiger partial charge in [0.2, 0.25) is 0 Å². The highest BCUT2D eigenvalue weighted by Gasteiger charge is 2.02. The molecule has 0 saturated heterocycles. The smallest absolute Gasteiger partial charge is 0.138 e. The van der Waals surface area contributed by atoms with Crippen LogP contribution in [-0.4, -0.2) is 16.5 Å². The number of hydrogen-bond acceptors (Lipinski definition) is 5. The molecule has 106 valence electrons. The van der Waals surface area contributed by atoms with E-state index in [1.54, 1.807) is 29.8 Å². The first-order valence-electron chi connectivity index (χ1n) is 6.78. The van der Waals surface area contributed by atoms with E-state index in [-0.39, 0.29) is 0 Å². The molecule has 5 heteroatoms. The first kappa shape index (κ1) is 14.1. The Hall–Kier alpha value is -2.89. The van der Waals surface area contributed by atoms with Crippen LogP contribution in [0.2, 0.25) is 0 Å². The van der Waals surface area contributed by atoms with Gasteiger partial charge in [-0.2, -0.15) is 5.26 Å². The molecule has 0 bridgehead atoms. The third kappa shape index (κ3) is 3.22. The topological polar surface area (TPSA) is 61.6 Å². The van der Waals surface area contributed by atoms with Crippen LogP contribution < -0.4 is 5.32 Å². The molecular weight excluding hydrogens is 292 g/mol. The number of nitrogens with one attached hydrogen (secondary N) is 1. The third-order valence-electron chi connectivity index (χ3n) is 3.03. The van der Waals surface area contributed by atoms with Gasteiger partial charge in [-0.25, -0.2) is 9.97 Å². The molecule has 0 spiro atoms. The number of aromatic nitrogens is 2. The van der Waals surface area contributed by atoms with E-state index < -0.39 is 0 Å². The predicted octanol–water partition coefficient (Wildman–Crippen LogP) is 3.42. The van der Waals surface area contributed by atoms with Crippen molar-refractivity contribution in [2.75, 3.05) is 11.9 Å². The summed E-state index contributed by atoms with van der Waals surface area (Å²) in [6, 6.07) is 11.4. The zero-order chi connectivity index (χ0) is 15.2. The van der Waals surface area contributed by atoms with Crippen LogP contribution in [0.3, 0.4) is 0 Å². The Morgan fingerprint density at radius 3 is 3.00 bits per heavy atom. The quantitative estimate of drug-likeness (QED) is 0.595. The van der Waals surface area contributed by atoms with Crippen LogP contribution in [0.25, 0.3) is 10.2 Å². The van der Waals surface area contributed by atoms with Gasteiger partial charge in [0, 0.05) is 18.5 Å². The number of anilines is 1. The highest BCUT2D eigenvalue weighted by molar-refractivity contribution is 7.16. The van der Waals surface area contributed by atoms with Gasteiger partial charge in [0.25, 0.3) is 0 Å². The standard InChI is InChI=1S/C17H12N4S/c18-11-14-6-3-5-13(10-14)4-1-2-8-19-16-15-7-9-22-17(15)21-12-20-16/h3,5-7,9-10,12H,2,8H2,(H,19,20,21). The number of nitriles is 1. The first-order valence-corrected chi connectivity index (χ1v) is 7.66. The summed E-state index contributed by atoms with van der Waals surface area (Å²) in [6.45, 7) is 0.715. The van der Waals surface area contributed by atoms with Crippen LogP contribution in [-0.2, 0) is 0 Å². The molecule has 0 amide bonds. The van der Waals surface area contributed by atoms with E-state index in [2.05, 4.69) is 33.2 Å². The number of nitrogens with zero attached hydrogens (tertiary/aromatic N) is 3. The zero-order valence-corrected chi connectivity index (χ0v) is 12.5. The summed E-state index contributed by atoms with van der Waals surface area (Å²) >= 11 is 1.60. The molecule has 2 aromatic heterocycles. The van der Waals surface area contributed by atoms with E-state index in [4.69, 9.17) is 5.26 Å². The van der Waals surface area contributed by atoms with Crippen molar-refractivity contribution in [3.8, 4) is 17.9 Å². The summed E-state index contributed by atoms with van der Waals surface area (Å²) in [5, 5.41) is 15.2.